The van der Waals surface area contributed by atoms with Crippen LogP contribution in [0.4, 0.5) is 0 Å². The Morgan fingerprint density at radius 2 is 2.38 bits per heavy atom. The quantitative estimate of drug-likeness (QED) is 0.559. The van der Waals surface area contributed by atoms with Crippen molar-refractivity contribution in [3.63, 3.8) is 0 Å². The topological polar surface area (TPSA) is 38.0 Å². The summed E-state index contributed by atoms with van der Waals surface area (Å²) in [7, 11) is 0. The smallest absolute Gasteiger partial charge is 0.0211 e. The van der Waals surface area contributed by atoms with Crippen LogP contribution in [-0.4, -0.2) is 12.6 Å². The monoisotopic (exact) mass is 114 g/mol. The largest absolute Gasteiger partial charge is 0.391 e. The highest BCUT2D eigenvalue weighted by atomic mass is 14.8. The molecule has 0 radical (unpaired) electrons. The Bertz CT molecular complexity index is 66.9. The molecule has 0 aliphatic rings. The summed E-state index contributed by atoms with van der Waals surface area (Å²) in [5.74, 6) is 0. The summed E-state index contributed by atoms with van der Waals surface area (Å²) in [4.78, 5) is 0. The van der Waals surface area contributed by atoms with Crippen molar-refractivity contribution in [1.29, 1.82) is 0 Å². The fraction of sp³-hybridized carbons (Fsp3) is 0.667. The molecule has 8 heavy (non-hydrogen) atoms. The second-order valence-corrected chi connectivity index (χ2v) is 1.78. The number of nitrogens with two attached hydrogens (primary N) is 1. The predicted molar refractivity (Wildman–Crippen MR) is 36.5 cm³/mol. The van der Waals surface area contributed by atoms with Crippen molar-refractivity contribution in [2.45, 2.75) is 19.9 Å². The van der Waals surface area contributed by atoms with Crippen molar-refractivity contribution in [3.8, 4) is 0 Å². The third-order valence-electron chi connectivity index (χ3n) is 0.722. The van der Waals surface area contributed by atoms with Gasteiger partial charge in [0, 0.05) is 12.6 Å². The second kappa shape index (κ2) is 4.65. The maximum absolute atomic E-state index is 5.41. The lowest BCUT2D eigenvalue weighted by Crippen LogP contribution is -2.12. The van der Waals surface area contributed by atoms with Crippen molar-refractivity contribution in [2.24, 2.45) is 5.73 Å². The summed E-state index contributed by atoms with van der Waals surface area (Å²) in [6, 6.07) is 0.161. The van der Waals surface area contributed by atoms with Gasteiger partial charge in [-0.25, -0.2) is 0 Å². The van der Waals surface area contributed by atoms with Crippen LogP contribution in [0.25, 0.3) is 0 Å². The molecule has 0 saturated carbocycles. The van der Waals surface area contributed by atoms with E-state index in [1.54, 1.807) is 0 Å². The van der Waals surface area contributed by atoms with Gasteiger partial charge < -0.3 is 11.1 Å². The molecule has 0 rings (SSSR count). The van der Waals surface area contributed by atoms with Crippen LogP contribution in [0.15, 0.2) is 12.3 Å². The van der Waals surface area contributed by atoms with Crippen LogP contribution < -0.4 is 11.1 Å². The van der Waals surface area contributed by atoms with Gasteiger partial charge in [-0.05, 0) is 20.0 Å². The third kappa shape index (κ3) is 5.50. The molecule has 0 aliphatic carbocycles. The summed E-state index contributed by atoms with van der Waals surface area (Å²) >= 11 is 0. The first-order valence-electron chi connectivity index (χ1n) is 2.93. The van der Waals surface area contributed by atoms with Crippen LogP contribution in [0.3, 0.4) is 0 Å². The summed E-state index contributed by atoms with van der Waals surface area (Å²) in [6.45, 7) is 4.95. The molecule has 2 nitrogen and oxygen atoms in total. The molecular weight excluding hydrogens is 100 g/mol. The van der Waals surface area contributed by atoms with Crippen molar-refractivity contribution in [1.82, 2.24) is 5.32 Å². The van der Waals surface area contributed by atoms with E-state index < -0.39 is 0 Å². The number of hydrogen-bond acceptors (Lipinski definition) is 2. The average Bonchev–Trinajstić information content (AvgIpc) is 1.66. The van der Waals surface area contributed by atoms with E-state index in [2.05, 4.69) is 5.32 Å². The molecule has 0 amide bonds. The maximum Gasteiger partial charge on any atom is 0.0211 e. The van der Waals surface area contributed by atoms with Crippen molar-refractivity contribution < 1.29 is 0 Å². The molecule has 0 bridgehead atoms. The minimum atomic E-state index is 0.161. The molecule has 0 fully saturated rings. The SMILES string of the molecule is CCN/C=C/C(C)N. The molecule has 0 spiro atoms. The Labute approximate surface area is 50.8 Å². The Hall–Kier alpha value is -0.500. The predicted octanol–water partition coefficient (Wildman–Crippen LogP) is 0.457. The minimum Gasteiger partial charge on any atom is -0.391 e. The van der Waals surface area contributed by atoms with E-state index in [-0.39, 0.29) is 6.04 Å². The first kappa shape index (κ1) is 7.50. The Kier molecular flexibility index (Phi) is 4.36. The van der Waals surface area contributed by atoms with Gasteiger partial charge in [0.15, 0.2) is 0 Å². The molecule has 0 aliphatic heterocycles. The van der Waals surface area contributed by atoms with Gasteiger partial charge in [0.1, 0.15) is 0 Å². The van der Waals surface area contributed by atoms with Gasteiger partial charge in [-0.1, -0.05) is 6.08 Å². The molecule has 0 aromatic rings. The second-order valence-electron chi connectivity index (χ2n) is 1.78. The first-order chi connectivity index (χ1) is 3.77. The molecule has 1 atom stereocenters. The van der Waals surface area contributed by atoms with Crippen LogP contribution in [0, 0.1) is 0 Å². The highest BCUT2D eigenvalue weighted by Crippen LogP contribution is 1.73. The van der Waals surface area contributed by atoms with E-state index in [0.717, 1.165) is 6.54 Å². The molecule has 1 unspecified atom stereocenters. The van der Waals surface area contributed by atoms with E-state index >= 15 is 0 Å². The fourth-order valence-corrected chi connectivity index (χ4v) is 0.338. The van der Waals surface area contributed by atoms with Gasteiger partial charge in [0.2, 0.25) is 0 Å². The normalized spacial score (nSPS) is 14.4. The number of nitrogens with one attached hydrogen (secondary N) is 1. The fourth-order valence-electron chi connectivity index (χ4n) is 0.338. The van der Waals surface area contributed by atoms with Crippen LogP contribution in [-0.2, 0) is 0 Å². The maximum atomic E-state index is 5.41. The van der Waals surface area contributed by atoms with Crippen molar-refractivity contribution >= 4 is 0 Å². The van der Waals surface area contributed by atoms with Crippen LogP contribution in [0.1, 0.15) is 13.8 Å². The minimum absolute atomic E-state index is 0.161. The van der Waals surface area contributed by atoms with E-state index in [9.17, 15) is 0 Å². The lowest BCUT2D eigenvalue weighted by molar-refractivity contribution is 0.874. The Balaban J connectivity index is 3.07. The summed E-state index contributed by atoms with van der Waals surface area (Å²) in [5, 5.41) is 3.02. The standard InChI is InChI=1S/C6H14N2/c1-3-8-5-4-6(2)7/h4-6,8H,3,7H2,1-2H3/b5-4+. The van der Waals surface area contributed by atoms with Crippen LogP contribution >= 0.6 is 0 Å². The van der Waals surface area contributed by atoms with Crippen LogP contribution in [0.5, 0.6) is 0 Å². The molecule has 3 N–H and O–H groups in total. The summed E-state index contributed by atoms with van der Waals surface area (Å²) < 4.78 is 0. The third-order valence-corrected chi connectivity index (χ3v) is 0.722. The van der Waals surface area contributed by atoms with Gasteiger partial charge in [0.05, 0.1) is 0 Å². The number of hydrogen-bond donors (Lipinski definition) is 2. The molecule has 0 heterocycles. The summed E-state index contributed by atoms with van der Waals surface area (Å²) in [5.41, 5.74) is 5.41. The van der Waals surface area contributed by atoms with Crippen molar-refractivity contribution in [3.05, 3.63) is 12.3 Å². The first-order valence-corrected chi connectivity index (χ1v) is 2.93. The molecule has 0 aromatic heterocycles. The molecule has 0 saturated heterocycles. The van der Waals surface area contributed by atoms with Gasteiger partial charge in [0.25, 0.3) is 0 Å². The van der Waals surface area contributed by atoms with Gasteiger partial charge >= 0.3 is 0 Å². The highest BCUT2D eigenvalue weighted by molar-refractivity contribution is 4.86. The van der Waals surface area contributed by atoms with Gasteiger partial charge in [-0.15, -0.1) is 0 Å². The number of rotatable bonds is 3. The zero-order valence-corrected chi connectivity index (χ0v) is 5.52. The molecular formula is C6H14N2. The Morgan fingerprint density at radius 1 is 1.75 bits per heavy atom. The van der Waals surface area contributed by atoms with E-state index in [4.69, 9.17) is 5.73 Å². The molecule has 2 heteroatoms. The zero-order chi connectivity index (χ0) is 6.41. The van der Waals surface area contributed by atoms with Gasteiger partial charge in [-0.3, -0.25) is 0 Å². The van der Waals surface area contributed by atoms with E-state index in [0.29, 0.717) is 0 Å². The van der Waals surface area contributed by atoms with E-state index in [1.807, 2.05) is 26.1 Å². The lowest BCUT2D eigenvalue weighted by Gasteiger charge is -1.94. The van der Waals surface area contributed by atoms with Crippen molar-refractivity contribution in [2.75, 3.05) is 6.54 Å². The lowest BCUT2D eigenvalue weighted by atomic mass is 10.4. The highest BCUT2D eigenvalue weighted by Gasteiger charge is 1.78. The van der Waals surface area contributed by atoms with E-state index in [1.165, 1.54) is 0 Å². The Morgan fingerprint density at radius 3 is 2.75 bits per heavy atom. The molecule has 48 valence electrons. The van der Waals surface area contributed by atoms with Crippen LogP contribution in [0.2, 0.25) is 0 Å². The molecule has 0 aromatic carbocycles. The average molecular weight is 114 g/mol. The zero-order valence-electron chi connectivity index (χ0n) is 5.52. The van der Waals surface area contributed by atoms with Gasteiger partial charge in [-0.2, -0.15) is 0 Å². The summed E-state index contributed by atoms with van der Waals surface area (Å²) in [6.07, 6.45) is 3.80.